The Balaban J connectivity index is 2.56. The number of ether oxygens (including phenoxy) is 1. The number of hydrogen-bond donors (Lipinski definition) is 1. The van der Waals surface area contributed by atoms with E-state index in [1.54, 1.807) is 12.1 Å². The lowest BCUT2D eigenvalue weighted by molar-refractivity contribution is -0.142. The minimum absolute atomic E-state index is 0.0831. The highest BCUT2D eigenvalue weighted by molar-refractivity contribution is 5.89. The van der Waals surface area contributed by atoms with Crippen molar-refractivity contribution in [2.45, 2.75) is 13.5 Å². The number of furan rings is 1. The van der Waals surface area contributed by atoms with Gasteiger partial charge in [0.15, 0.2) is 0 Å². The number of carbonyl (C=O) groups excluding carboxylic acids is 2. The molecule has 0 saturated heterocycles. The van der Waals surface area contributed by atoms with Crippen molar-refractivity contribution in [2.75, 3.05) is 0 Å². The highest BCUT2D eigenvalue weighted by Crippen LogP contribution is 2.10. The van der Waals surface area contributed by atoms with E-state index >= 15 is 0 Å². The van der Waals surface area contributed by atoms with Crippen molar-refractivity contribution in [3.63, 3.8) is 0 Å². The van der Waals surface area contributed by atoms with Gasteiger partial charge < -0.3 is 14.9 Å². The summed E-state index contributed by atoms with van der Waals surface area (Å²) < 4.78 is 9.93. The summed E-state index contributed by atoms with van der Waals surface area (Å²) >= 11 is 0. The number of amides is 1. The van der Waals surface area contributed by atoms with Gasteiger partial charge in [0.2, 0.25) is 5.91 Å². The highest BCUT2D eigenvalue weighted by Gasteiger charge is 2.01. The predicted octanol–water partition coefficient (Wildman–Crippen LogP) is 0.841. The van der Waals surface area contributed by atoms with Crippen molar-refractivity contribution >= 4 is 18.0 Å². The number of primary amides is 1. The molecule has 0 unspecified atom stereocenters. The third kappa shape index (κ3) is 4.12. The summed E-state index contributed by atoms with van der Waals surface area (Å²) in [6.07, 6.45) is 2.63. The molecule has 0 saturated carbocycles. The first-order valence-corrected chi connectivity index (χ1v) is 4.27. The number of carbonyl (C=O) groups is 2. The Hall–Kier alpha value is -2.04. The van der Waals surface area contributed by atoms with Gasteiger partial charge in [0.25, 0.3) is 0 Å². The van der Waals surface area contributed by atoms with Crippen molar-refractivity contribution < 1.29 is 18.7 Å². The third-order valence-corrected chi connectivity index (χ3v) is 1.51. The van der Waals surface area contributed by atoms with Crippen LogP contribution in [-0.2, 0) is 20.9 Å². The van der Waals surface area contributed by atoms with Gasteiger partial charge >= 0.3 is 5.97 Å². The van der Waals surface area contributed by atoms with Crippen LogP contribution in [0.4, 0.5) is 0 Å². The zero-order valence-electron chi connectivity index (χ0n) is 8.23. The Morgan fingerprint density at radius 2 is 2.27 bits per heavy atom. The smallest absolute Gasteiger partial charge is 0.303 e. The number of nitrogens with two attached hydrogens (primary N) is 1. The molecule has 5 nitrogen and oxygen atoms in total. The molecule has 15 heavy (non-hydrogen) atoms. The molecule has 1 aromatic heterocycles. The fraction of sp³-hybridized carbons (Fsp3) is 0.200. The molecule has 0 fully saturated rings. The van der Waals surface area contributed by atoms with Gasteiger partial charge in [-0.3, -0.25) is 9.59 Å². The van der Waals surface area contributed by atoms with Gasteiger partial charge in [-0.15, -0.1) is 0 Å². The van der Waals surface area contributed by atoms with Gasteiger partial charge in [0, 0.05) is 13.0 Å². The molecule has 2 N–H and O–H groups in total. The average Bonchev–Trinajstić information content (AvgIpc) is 2.59. The second-order valence-corrected chi connectivity index (χ2v) is 2.82. The normalized spacial score (nSPS) is 10.5. The van der Waals surface area contributed by atoms with Crippen LogP contribution in [0.5, 0.6) is 0 Å². The lowest BCUT2D eigenvalue weighted by Crippen LogP contribution is -2.04. The molecule has 0 atom stereocenters. The molecule has 1 rings (SSSR count). The lowest BCUT2D eigenvalue weighted by Gasteiger charge is -1.96. The summed E-state index contributed by atoms with van der Waals surface area (Å²) in [7, 11) is 0. The SMILES string of the molecule is CC(=O)OCc1ccc(/C=C\C(N)=O)o1. The fourth-order valence-electron chi connectivity index (χ4n) is 0.899. The molecular formula is C10H11NO4. The van der Waals surface area contributed by atoms with Gasteiger partial charge in [0.1, 0.15) is 18.1 Å². The topological polar surface area (TPSA) is 82.5 Å². The lowest BCUT2D eigenvalue weighted by atomic mass is 10.4. The first kappa shape index (κ1) is 11.0. The van der Waals surface area contributed by atoms with Gasteiger partial charge in [-0.25, -0.2) is 0 Å². The first-order valence-electron chi connectivity index (χ1n) is 4.27. The van der Waals surface area contributed by atoms with Crippen molar-refractivity contribution in [3.05, 3.63) is 29.7 Å². The van der Waals surface area contributed by atoms with E-state index in [0.717, 1.165) is 0 Å². The molecule has 5 heteroatoms. The van der Waals surface area contributed by atoms with Gasteiger partial charge in [0.05, 0.1) is 0 Å². The Kier molecular flexibility index (Phi) is 3.68. The van der Waals surface area contributed by atoms with Gasteiger partial charge in [-0.05, 0) is 18.2 Å². The van der Waals surface area contributed by atoms with Gasteiger partial charge in [-0.2, -0.15) is 0 Å². The maximum Gasteiger partial charge on any atom is 0.303 e. The molecule has 0 radical (unpaired) electrons. The summed E-state index contributed by atoms with van der Waals surface area (Å²) in [5.74, 6) is 0.0684. The second-order valence-electron chi connectivity index (χ2n) is 2.82. The molecule has 0 aliphatic heterocycles. The van der Waals surface area contributed by atoms with E-state index in [1.165, 1.54) is 19.1 Å². The highest BCUT2D eigenvalue weighted by atomic mass is 16.5. The van der Waals surface area contributed by atoms with Crippen molar-refractivity contribution in [1.29, 1.82) is 0 Å². The summed E-state index contributed by atoms with van der Waals surface area (Å²) in [6.45, 7) is 1.40. The monoisotopic (exact) mass is 209 g/mol. The van der Waals surface area contributed by atoms with E-state index in [-0.39, 0.29) is 12.6 Å². The maximum absolute atomic E-state index is 10.5. The first-order chi connectivity index (χ1) is 7.08. The molecular weight excluding hydrogens is 198 g/mol. The van der Waals surface area contributed by atoms with E-state index in [9.17, 15) is 9.59 Å². The van der Waals surface area contributed by atoms with Crippen LogP contribution in [0.3, 0.4) is 0 Å². The summed E-state index contributed by atoms with van der Waals surface area (Å²) in [6, 6.07) is 3.31. The molecule has 1 aromatic rings. The standard InChI is InChI=1S/C10H11NO4/c1-7(12)14-6-9-3-2-8(15-9)4-5-10(11)13/h2-5H,6H2,1H3,(H2,11,13)/b5-4-. The van der Waals surface area contributed by atoms with Crippen LogP contribution in [-0.4, -0.2) is 11.9 Å². The van der Waals surface area contributed by atoms with E-state index < -0.39 is 5.91 Å². The Labute approximate surface area is 86.5 Å². The molecule has 80 valence electrons. The largest absolute Gasteiger partial charge is 0.458 e. The van der Waals surface area contributed by atoms with E-state index in [4.69, 9.17) is 14.9 Å². The Bertz CT molecular complexity index is 392. The Morgan fingerprint density at radius 3 is 2.87 bits per heavy atom. The third-order valence-electron chi connectivity index (χ3n) is 1.51. The molecule has 1 heterocycles. The number of hydrogen-bond acceptors (Lipinski definition) is 4. The molecule has 0 spiro atoms. The van der Waals surface area contributed by atoms with Crippen molar-refractivity contribution in [2.24, 2.45) is 5.73 Å². The van der Waals surface area contributed by atoms with Crippen molar-refractivity contribution in [1.82, 2.24) is 0 Å². The summed E-state index contributed by atoms with van der Waals surface area (Å²) in [5.41, 5.74) is 4.91. The van der Waals surface area contributed by atoms with Crippen LogP contribution in [0.15, 0.2) is 22.6 Å². The summed E-state index contributed by atoms with van der Waals surface area (Å²) in [5, 5.41) is 0. The van der Waals surface area contributed by atoms with Crippen molar-refractivity contribution in [3.8, 4) is 0 Å². The van der Waals surface area contributed by atoms with E-state index in [1.807, 2.05) is 0 Å². The van der Waals surface area contributed by atoms with Crippen LogP contribution in [0, 0.1) is 0 Å². The van der Waals surface area contributed by atoms with Gasteiger partial charge in [-0.1, -0.05) is 0 Å². The summed E-state index contributed by atoms with van der Waals surface area (Å²) in [4.78, 5) is 20.9. The predicted molar refractivity (Wildman–Crippen MR) is 52.4 cm³/mol. The fourth-order valence-corrected chi connectivity index (χ4v) is 0.899. The average molecular weight is 209 g/mol. The Morgan fingerprint density at radius 1 is 1.53 bits per heavy atom. The quantitative estimate of drug-likeness (QED) is 0.588. The van der Waals surface area contributed by atoms with Crippen LogP contribution >= 0.6 is 0 Å². The van der Waals surface area contributed by atoms with Crippen LogP contribution in [0.2, 0.25) is 0 Å². The molecule has 1 amide bonds. The zero-order valence-corrected chi connectivity index (χ0v) is 8.23. The van der Waals surface area contributed by atoms with Crippen LogP contribution in [0.1, 0.15) is 18.4 Å². The van der Waals surface area contributed by atoms with E-state index in [2.05, 4.69) is 0 Å². The maximum atomic E-state index is 10.5. The minimum atomic E-state index is -0.548. The van der Waals surface area contributed by atoms with E-state index in [0.29, 0.717) is 11.5 Å². The molecule has 0 aromatic carbocycles. The zero-order chi connectivity index (χ0) is 11.3. The van der Waals surface area contributed by atoms with Crippen LogP contribution in [0.25, 0.3) is 6.08 Å². The second kappa shape index (κ2) is 4.99. The van der Waals surface area contributed by atoms with Crippen LogP contribution < -0.4 is 5.73 Å². The molecule has 0 bridgehead atoms. The molecule has 0 aliphatic rings. The molecule has 0 aliphatic carbocycles. The minimum Gasteiger partial charge on any atom is -0.458 e. The number of rotatable bonds is 4. The number of esters is 1.